The first-order valence-electron chi connectivity index (χ1n) is 30.6. The number of H-pyrrole nitrogens is 1. The number of fused-ring (bicyclic) bond motifs is 5. The van der Waals surface area contributed by atoms with Crippen molar-refractivity contribution in [2.75, 3.05) is 52.8 Å². The lowest BCUT2D eigenvalue weighted by atomic mass is 9.70. The van der Waals surface area contributed by atoms with Gasteiger partial charge in [0, 0.05) is 53.5 Å². The molecule has 94 heavy (non-hydrogen) atoms. The van der Waals surface area contributed by atoms with Gasteiger partial charge in [-0.05, 0) is 115 Å². The number of rotatable bonds is 23. The lowest BCUT2D eigenvalue weighted by molar-refractivity contribution is -0.941. The quantitative estimate of drug-likeness (QED) is 0.0134. The number of ether oxygens (including phenoxy) is 8. The van der Waals surface area contributed by atoms with Gasteiger partial charge < -0.3 is 57.5 Å². The van der Waals surface area contributed by atoms with Crippen LogP contribution in [0.3, 0.4) is 0 Å². The van der Waals surface area contributed by atoms with Crippen molar-refractivity contribution in [3.05, 3.63) is 144 Å². The number of anilines is 1. The van der Waals surface area contributed by atoms with Gasteiger partial charge in [-0.15, -0.1) is 23.1 Å². The Bertz CT molecular complexity index is 4030. The summed E-state index contributed by atoms with van der Waals surface area (Å²) in [5.74, 6) is -0.679. The molecule has 6 aromatic rings. The van der Waals surface area contributed by atoms with E-state index in [1.165, 1.54) is 40.5 Å². The molecular weight excluding hydrogens is 1270 g/mol. The van der Waals surface area contributed by atoms with Crippen LogP contribution >= 0.6 is 34.7 Å². The first-order valence-corrected chi connectivity index (χ1v) is 32.8. The first kappa shape index (κ1) is 68.3. The number of quaternary nitrogens is 1. The zero-order valence-corrected chi connectivity index (χ0v) is 56.9. The summed E-state index contributed by atoms with van der Waals surface area (Å²) in [5, 5.41) is 9.88. The number of esters is 2. The van der Waals surface area contributed by atoms with Crippen LogP contribution < -0.4 is 45.6 Å². The lowest BCUT2D eigenvalue weighted by Crippen LogP contribution is -2.72. The van der Waals surface area contributed by atoms with E-state index in [-0.39, 0.29) is 75.6 Å². The van der Waals surface area contributed by atoms with Crippen LogP contribution in [0.2, 0.25) is 5.02 Å². The molecular formula is C67H78ClN8O16S2+. The number of nitrogens with one attached hydrogen (secondary N) is 3. The van der Waals surface area contributed by atoms with Crippen molar-refractivity contribution in [3.63, 3.8) is 0 Å². The van der Waals surface area contributed by atoms with Crippen LogP contribution in [0.5, 0.6) is 28.7 Å². The molecule has 2 bridgehead atoms. The molecule has 5 aliphatic rings. The minimum absolute atomic E-state index is 0.0151. The van der Waals surface area contributed by atoms with E-state index in [1.54, 1.807) is 93.2 Å². The molecule has 0 unspecified atom stereocenters. The standard InChI is InChI=1S/C67H77ClN8O16S2/c1-38-45(32-76-28-25-67(26-29-76,27-30-76)37-74-56(78)49-46(70-62(74)82)31-48(87-33-39-13-19-42(84-10)20-14-39)54(50(49)68)88-34-40-15-21-43(85-11)22-16-40)53(59(80)89-35-41-17-23-44(86-12)24-18-41)75-57(79)52(58(75)94-38)71-55(77)51(73-92-66(8,9)60(81)90-64(2,3)4)47-36-93-61(69-47)72-63(83)91-65(5,6)7/h13-24,31,36,38,52,58H,25-30,32-35,37H2,1-12H3,(H2-,69,70,71,72,77,78,82,83)/p+1/b73-51-/t38-,52+,58+,67?,76?/m0/s1. The van der Waals surface area contributed by atoms with Crippen LogP contribution in [0.15, 0.2) is 110 Å². The number of amides is 3. The van der Waals surface area contributed by atoms with Gasteiger partial charge in [-0.1, -0.05) is 53.2 Å². The van der Waals surface area contributed by atoms with Gasteiger partial charge in [-0.2, -0.15) is 0 Å². The molecule has 5 aliphatic heterocycles. The van der Waals surface area contributed by atoms with E-state index in [4.69, 9.17) is 54.3 Å². The molecule has 7 heterocycles. The average molecular weight is 1350 g/mol. The number of carbonyl (C=O) groups excluding carboxylic acids is 5. The Kier molecular flexibility index (Phi) is 19.9. The maximum absolute atomic E-state index is 14.8. The molecule has 24 nitrogen and oxygen atoms in total. The summed E-state index contributed by atoms with van der Waals surface area (Å²) in [7, 11) is 4.71. The number of β-lactam (4-membered cyclic amide) rings is 1. The molecule has 3 amide bonds. The Morgan fingerprint density at radius 2 is 1.33 bits per heavy atom. The summed E-state index contributed by atoms with van der Waals surface area (Å²) in [4.78, 5) is 114. The van der Waals surface area contributed by atoms with Crippen molar-refractivity contribution in [3.8, 4) is 28.7 Å². The van der Waals surface area contributed by atoms with E-state index in [0.717, 1.165) is 22.5 Å². The van der Waals surface area contributed by atoms with Crippen LogP contribution in [-0.2, 0) is 64.6 Å². The zero-order valence-electron chi connectivity index (χ0n) is 54.6. The number of halogens is 1. The number of carbonyl (C=O) groups is 5. The van der Waals surface area contributed by atoms with Gasteiger partial charge in [0.1, 0.15) is 82.6 Å². The molecule has 500 valence electrons. The number of aromatic nitrogens is 3. The number of nitrogens with zero attached hydrogens (tertiary/aromatic N) is 5. The topological polar surface area (TPSA) is 276 Å². The third-order valence-corrected chi connectivity index (χ3v) is 19.4. The fourth-order valence-electron chi connectivity index (χ4n) is 11.6. The summed E-state index contributed by atoms with van der Waals surface area (Å²) in [5.41, 5.74) is -2.28. The number of methoxy groups -OCH3 is 3. The van der Waals surface area contributed by atoms with E-state index >= 15 is 0 Å². The van der Waals surface area contributed by atoms with Gasteiger partial charge in [0.2, 0.25) is 5.60 Å². The number of piperidine rings is 3. The largest absolute Gasteiger partial charge is 0.497 e. The highest BCUT2D eigenvalue weighted by molar-refractivity contribution is 8.00. The summed E-state index contributed by atoms with van der Waals surface area (Å²) in [6.45, 7) is 17.4. The van der Waals surface area contributed by atoms with E-state index in [9.17, 15) is 33.6 Å². The van der Waals surface area contributed by atoms with Crippen LogP contribution in [0, 0.1) is 5.41 Å². The molecule has 11 rings (SSSR count). The number of thiazole rings is 1. The van der Waals surface area contributed by atoms with Crippen molar-refractivity contribution >= 4 is 86.3 Å². The molecule has 4 saturated heterocycles. The normalized spacial score (nSPS) is 20.4. The van der Waals surface area contributed by atoms with E-state index in [0.29, 0.717) is 78.3 Å². The van der Waals surface area contributed by atoms with Crippen molar-refractivity contribution in [1.29, 1.82) is 0 Å². The van der Waals surface area contributed by atoms with Gasteiger partial charge >= 0.3 is 23.7 Å². The average Bonchev–Trinajstić information content (AvgIpc) is 0.759. The van der Waals surface area contributed by atoms with Gasteiger partial charge in [0.25, 0.3) is 17.4 Å². The maximum Gasteiger partial charge on any atom is 0.413 e. The molecule has 2 aromatic heterocycles. The van der Waals surface area contributed by atoms with Gasteiger partial charge in [-0.25, -0.2) is 24.2 Å². The molecule has 0 spiro atoms. The molecule has 4 fully saturated rings. The molecule has 3 N–H and O–H groups in total. The summed E-state index contributed by atoms with van der Waals surface area (Å²) in [6, 6.07) is 22.1. The monoisotopic (exact) mass is 1350 g/mol. The maximum atomic E-state index is 14.8. The molecule has 3 atom stereocenters. The van der Waals surface area contributed by atoms with Gasteiger partial charge in [0.05, 0.1) is 51.9 Å². The number of aromatic amines is 1. The Balaban J connectivity index is 0.902. The van der Waals surface area contributed by atoms with Crippen LogP contribution in [0.25, 0.3) is 10.9 Å². The van der Waals surface area contributed by atoms with Crippen LogP contribution in [-0.4, -0.2) is 140 Å². The number of thioether (sulfide) groups is 1. The van der Waals surface area contributed by atoms with Gasteiger partial charge in [0.15, 0.2) is 22.3 Å². The summed E-state index contributed by atoms with van der Waals surface area (Å²) < 4.78 is 47.5. The van der Waals surface area contributed by atoms with Crippen LogP contribution in [0.4, 0.5) is 9.93 Å². The number of benzene rings is 4. The second-order valence-corrected chi connectivity index (χ2v) is 29.0. The van der Waals surface area contributed by atoms with Crippen molar-refractivity contribution in [1.82, 2.24) is 24.8 Å². The highest BCUT2D eigenvalue weighted by Crippen LogP contribution is 2.50. The molecule has 27 heteroatoms. The molecule has 4 aromatic carbocycles. The predicted octanol–water partition coefficient (Wildman–Crippen LogP) is 9.66. The van der Waals surface area contributed by atoms with E-state index in [1.807, 2.05) is 55.5 Å². The Hall–Kier alpha value is -8.59. The number of hydrogen-bond donors (Lipinski definition) is 3. The SMILES string of the molecule is COc1ccc(COC(=O)C2=C(C[N+]34CCC(Cn5c(=O)[nH]c6cc(OCc7ccc(OC)cc7)c(OCc7ccc(OC)cc7)c(Cl)c6c5=O)(CC3)CC4)[C@H](C)S[C@@H]3[C@H](NC(=O)/C(=N\OC(C)(C)C(=O)OC(C)(C)C)c4csc(NC(=O)OC(C)(C)C)n4)C(=O)N23)cc1. The first-order chi connectivity index (χ1) is 44.5. The fourth-order valence-corrected chi connectivity index (χ4v) is 14.1. The van der Waals surface area contributed by atoms with Crippen molar-refractivity contribution in [2.45, 2.75) is 141 Å². The second-order valence-electron chi connectivity index (χ2n) is 26.3. The predicted molar refractivity (Wildman–Crippen MR) is 353 cm³/mol. The Labute approximate surface area is 556 Å². The second kappa shape index (κ2) is 27.4. The smallest absolute Gasteiger partial charge is 0.413 e. The number of hydrogen-bond acceptors (Lipinski definition) is 20. The minimum atomic E-state index is -1.71. The fraction of sp³-hybridized carbons (Fsp3) is 0.448. The Morgan fingerprint density at radius 1 is 0.777 bits per heavy atom. The summed E-state index contributed by atoms with van der Waals surface area (Å²) in [6.07, 6.45) is 1.09. The van der Waals surface area contributed by atoms with E-state index < -0.39 is 80.4 Å². The third kappa shape index (κ3) is 15.3. The Morgan fingerprint density at radius 3 is 1.88 bits per heavy atom. The lowest BCUT2D eigenvalue weighted by Gasteiger charge is -2.56. The molecule has 0 radical (unpaired) electrons. The zero-order chi connectivity index (χ0) is 67.7. The third-order valence-electron chi connectivity index (χ3n) is 16.8. The van der Waals surface area contributed by atoms with Crippen molar-refractivity contribution < 1.29 is 71.2 Å². The highest BCUT2D eigenvalue weighted by atomic mass is 35.5. The van der Waals surface area contributed by atoms with E-state index in [2.05, 4.69) is 25.8 Å². The van der Waals surface area contributed by atoms with Crippen LogP contribution in [0.1, 0.15) is 104 Å². The van der Waals surface area contributed by atoms with Gasteiger partial charge in [-0.3, -0.25) is 29.2 Å². The molecule has 0 saturated carbocycles. The molecule has 0 aliphatic carbocycles. The summed E-state index contributed by atoms with van der Waals surface area (Å²) >= 11 is 9.58. The van der Waals surface area contributed by atoms with Crippen molar-refractivity contribution in [2.24, 2.45) is 10.6 Å². The number of oxime groups is 1. The minimum Gasteiger partial charge on any atom is -0.497 e. The highest BCUT2D eigenvalue weighted by Gasteiger charge is 2.58.